The molecule has 0 saturated heterocycles. The highest BCUT2D eigenvalue weighted by Gasteiger charge is 2.17. The first-order valence-electron chi connectivity index (χ1n) is 6.78. The lowest BCUT2D eigenvalue weighted by atomic mass is 9.92. The molecular weight excluding hydrogens is 212 g/mol. The molecule has 0 radical (unpaired) electrons. The maximum absolute atomic E-state index is 11.1. The molecule has 98 valence electrons. The van der Waals surface area contributed by atoms with Gasteiger partial charge < -0.3 is 4.74 Å². The highest BCUT2D eigenvalue weighted by Crippen LogP contribution is 2.26. The zero-order valence-corrected chi connectivity index (χ0v) is 11.7. The molecule has 0 aliphatic heterocycles. The maximum atomic E-state index is 11.1. The first kappa shape index (κ1) is 14.4. The molecule has 2 heteroatoms. The largest absolute Gasteiger partial charge is 0.381 e. The van der Waals surface area contributed by atoms with Crippen molar-refractivity contribution in [2.45, 2.75) is 59.0 Å². The molecule has 2 atom stereocenters. The molecule has 0 aromatic rings. The second kappa shape index (κ2) is 6.95. The van der Waals surface area contributed by atoms with Crippen LogP contribution in [0.4, 0.5) is 0 Å². The Bertz CT molecular complexity index is 279. The van der Waals surface area contributed by atoms with Crippen LogP contribution in [-0.2, 0) is 9.53 Å². The van der Waals surface area contributed by atoms with Gasteiger partial charge in [-0.25, -0.2) is 0 Å². The summed E-state index contributed by atoms with van der Waals surface area (Å²) in [5, 5.41) is 0. The zero-order chi connectivity index (χ0) is 12.8. The van der Waals surface area contributed by atoms with Crippen molar-refractivity contribution in [2.75, 3.05) is 7.11 Å². The first-order chi connectivity index (χ1) is 8.02. The van der Waals surface area contributed by atoms with Crippen LogP contribution in [0.25, 0.3) is 0 Å². The molecule has 0 bridgehead atoms. The van der Waals surface area contributed by atoms with Crippen LogP contribution in [0.5, 0.6) is 0 Å². The molecule has 17 heavy (non-hydrogen) atoms. The minimum atomic E-state index is 0.309. The summed E-state index contributed by atoms with van der Waals surface area (Å²) < 4.78 is 5.48. The first-order valence-corrected chi connectivity index (χ1v) is 6.78. The molecule has 0 heterocycles. The topological polar surface area (TPSA) is 26.3 Å². The third kappa shape index (κ3) is 5.03. The van der Waals surface area contributed by atoms with Gasteiger partial charge in [0.25, 0.3) is 0 Å². The van der Waals surface area contributed by atoms with Crippen molar-refractivity contribution in [2.24, 2.45) is 11.8 Å². The summed E-state index contributed by atoms with van der Waals surface area (Å²) >= 11 is 0. The average Bonchev–Trinajstić information content (AvgIpc) is 2.64. The van der Waals surface area contributed by atoms with Crippen molar-refractivity contribution >= 4 is 5.78 Å². The van der Waals surface area contributed by atoms with Crippen molar-refractivity contribution in [1.29, 1.82) is 0 Å². The molecule has 1 aliphatic rings. The van der Waals surface area contributed by atoms with Gasteiger partial charge in [0.2, 0.25) is 0 Å². The summed E-state index contributed by atoms with van der Waals surface area (Å²) in [6.45, 7) is 6.69. The molecule has 0 fully saturated rings. The number of methoxy groups -OCH3 is 1. The Morgan fingerprint density at radius 3 is 2.41 bits per heavy atom. The third-order valence-corrected chi connectivity index (χ3v) is 3.66. The highest BCUT2D eigenvalue weighted by atomic mass is 16.5. The number of carbonyl (C=O) groups excluding carboxylic acids is 1. The molecule has 0 amide bonds. The van der Waals surface area contributed by atoms with Crippen LogP contribution in [0, 0.1) is 11.8 Å². The van der Waals surface area contributed by atoms with Gasteiger partial charge in [0.05, 0.1) is 6.10 Å². The van der Waals surface area contributed by atoms with Gasteiger partial charge in [-0.05, 0) is 43.6 Å². The summed E-state index contributed by atoms with van der Waals surface area (Å²) in [4.78, 5) is 11.1. The van der Waals surface area contributed by atoms with Crippen LogP contribution in [0.15, 0.2) is 11.6 Å². The van der Waals surface area contributed by atoms with Gasteiger partial charge in [0.15, 0.2) is 5.78 Å². The molecule has 0 N–H and O–H groups in total. The number of hydrogen-bond donors (Lipinski definition) is 0. The minimum Gasteiger partial charge on any atom is -0.381 e. The molecule has 0 aromatic heterocycles. The Labute approximate surface area is 105 Å². The average molecular weight is 238 g/mol. The van der Waals surface area contributed by atoms with E-state index in [9.17, 15) is 4.79 Å². The van der Waals surface area contributed by atoms with Crippen LogP contribution >= 0.6 is 0 Å². The Balaban J connectivity index is 2.27. The lowest BCUT2D eigenvalue weighted by Gasteiger charge is -2.21. The Hall–Kier alpha value is -0.630. The lowest BCUT2D eigenvalue weighted by Crippen LogP contribution is -2.18. The SMILES string of the molecule is COC(CCC(C)CC1=CC(=O)CC1)C(C)C. The van der Waals surface area contributed by atoms with Crippen molar-refractivity contribution in [3.05, 3.63) is 11.6 Å². The Morgan fingerprint density at radius 1 is 1.24 bits per heavy atom. The number of carbonyl (C=O) groups is 1. The van der Waals surface area contributed by atoms with Gasteiger partial charge >= 0.3 is 0 Å². The Kier molecular flexibility index (Phi) is 5.90. The summed E-state index contributed by atoms with van der Waals surface area (Å²) in [5.41, 5.74) is 1.35. The lowest BCUT2D eigenvalue weighted by molar-refractivity contribution is -0.114. The number of ether oxygens (including phenoxy) is 1. The second-order valence-corrected chi connectivity index (χ2v) is 5.67. The van der Waals surface area contributed by atoms with Crippen molar-refractivity contribution in [1.82, 2.24) is 0 Å². The van der Waals surface area contributed by atoms with Gasteiger partial charge in [-0.3, -0.25) is 4.79 Å². The zero-order valence-electron chi connectivity index (χ0n) is 11.7. The summed E-state index contributed by atoms with van der Waals surface area (Å²) in [6.07, 6.45) is 7.33. The van der Waals surface area contributed by atoms with E-state index in [1.165, 1.54) is 12.0 Å². The number of ketones is 1. The van der Waals surface area contributed by atoms with E-state index < -0.39 is 0 Å². The fourth-order valence-corrected chi connectivity index (χ4v) is 2.54. The van der Waals surface area contributed by atoms with Gasteiger partial charge in [-0.15, -0.1) is 0 Å². The predicted molar refractivity (Wildman–Crippen MR) is 71.0 cm³/mol. The van der Waals surface area contributed by atoms with Gasteiger partial charge in [-0.2, -0.15) is 0 Å². The van der Waals surface area contributed by atoms with E-state index in [0.29, 0.717) is 23.7 Å². The standard InChI is InChI=1S/C15H26O2/c1-11(2)15(17-4)8-5-12(3)9-13-6-7-14(16)10-13/h10-12,15H,5-9H2,1-4H3. The summed E-state index contributed by atoms with van der Waals surface area (Å²) in [6, 6.07) is 0. The normalized spacial score (nSPS) is 19.6. The molecule has 2 nitrogen and oxygen atoms in total. The number of rotatable bonds is 7. The van der Waals surface area contributed by atoms with E-state index >= 15 is 0 Å². The molecule has 0 spiro atoms. The van der Waals surface area contributed by atoms with Crippen molar-refractivity contribution < 1.29 is 9.53 Å². The van der Waals surface area contributed by atoms with E-state index in [1.54, 1.807) is 7.11 Å². The van der Waals surface area contributed by atoms with Crippen LogP contribution in [0.2, 0.25) is 0 Å². The van der Waals surface area contributed by atoms with Gasteiger partial charge in [0, 0.05) is 13.5 Å². The maximum Gasteiger partial charge on any atom is 0.155 e. The number of hydrogen-bond acceptors (Lipinski definition) is 2. The third-order valence-electron chi connectivity index (χ3n) is 3.66. The molecule has 0 saturated carbocycles. The second-order valence-electron chi connectivity index (χ2n) is 5.67. The summed E-state index contributed by atoms with van der Waals surface area (Å²) in [5.74, 6) is 1.55. The molecule has 1 rings (SSSR count). The van der Waals surface area contributed by atoms with Gasteiger partial charge in [0.1, 0.15) is 0 Å². The van der Waals surface area contributed by atoms with Crippen molar-refractivity contribution in [3.63, 3.8) is 0 Å². The molecule has 2 unspecified atom stereocenters. The summed E-state index contributed by atoms with van der Waals surface area (Å²) in [7, 11) is 1.80. The van der Waals surface area contributed by atoms with Crippen LogP contribution in [-0.4, -0.2) is 19.0 Å². The number of allylic oxidation sites excluding steroid dienone is 2. The molecule has 1 aliphatic carbocycles. The fraction of sp³-hybridized carbons (Fsp3) is 0.800. The Morgan fingerprint density at radius 2 is 1.94 bits per heavy atom. The van der Waals surface area contributed by atoms with E-state index in [0.717, 1.165) is 25.7 Å². The van der Waals surface area contributed by atoms with E-state index in [1.807, 2.05) is 6.08 Å². The monoisotopic (exact) mass is 238 g/mol. The smallest absolute Gasteiger partial charge is 0.155 e. The van der Waals surface area contributed by atoms with Crippen molar-refractivity contribution in [3.8, 4) is 0 Å². The van der Waals surface area contributed by atoms with Gasteiger partial charge in [-0.1, -0.05) is 26.3 Å². The fourth-order valence-electron chi connectivity index (χ4n) is 2.54. The minimum absolute atomic E-state index is 0.309. The quantitative estimate of drug-likeness (QED) is 0.675. The van der Waals surface area contributed by atoms with E-state index in [2.05, 4.69) is 20.8 Å². The molecule has 0 aromatic carbocycles. The van der Waals surface area contributed by atoms with E-state index in [4.69, 9.17) is 4.74 Å². The highest BCUT2D eigenvalue weighted by molar-refractivity contribution is 5.92. The van der Waals surface area contributed by atoms with Crippen LogP contribution in [0.3, 0.4) is 0 Å². The van der Waals surface area contributed by atoms with E-state index in [-0.39, 0.29) is 0 Å². The molecular formula is C15H26O2. The van der Waals surface area contributed by atoms with Crippen LogP contribution < -0.4 is 0 Å². The predicted octanol–water partition coefficient (Wildman–Crippen LogP) is 3.75. The van der Waals surface area contributed by atoms with Crippen LogP contribution in [0.1, 0.15) is 52.9 Å².